The summed E-state index contributed by atoms with van der Waals surface area (Å²) in [5.41, 5.74) is 2.54. The Morgan fingerprint density at radius 3 is 2.33 bits per heavy atom. The second-order valence-electron chi connectivity index (χ2n) is 14.2. The quantitative estimate of drug-likeness (QED) is 0.395. The van der Waals surface area contributed by atoms with Crippen molar-refractivity contribution in [2.24, 2.45) is 17.8 Å². The number of Topliss-reactive ketones (excluding diaryl/α,β-unsaturated/α-hetero) is 1. The molecule has 5 heteroatoms. The fraction of sp³-hybridized carbons (Fsp3) is 0.765. The van der Waals surface area contributed by atoms with Gasteiger partial charge < -0.3 is 9.47 Å². The number of fused-ring (bicyclic) bond motifs is 5. The Bertz CT molecular complexity index is 1130. The highest BCUT2D eigenvalue weighted by molar-refractivity contribution is 5.76. The van der Waals surface area contributed by atoms with Gasteiger partial charge >= 0.3 is 0 Å². The first-order valence-electron chi connectivity index (χ1n) is 16.6. The molecule has 3 aliphatic heterocycles. The first-order valence-corrected chi connectivity index (χ1v) is 16.6. The van der Waals surface area contributed by atoms with Gasteiger partial charge in [-0.15, -0.1) is 0 Å². The molecule has 1 aromatic heterocycles. The van der Waals surface area contributed by atoms with E-state index in [4.69, 9.17) is 4.98 Å². The van der Waals surface area contributed by atoms with Crippen LogP contribution in [0.5, 0.6) is 0 Å². The van der Waals surface area contributed by atoms with Crippen molar-refractivity contribution in [3.63, 3.8) is 0 Å². The van der Waals surface area contributed by atoms with Crippen LogP contribution in [-0.4, -0.2) is 62.9 Å². The van der Waals surface area contributed by atoms with Gasteiger partial charge in [0.15, 0.2) is 0 Å². The molecule has 0 radical (unpaired) electrons. The molecule has 5 nitrogen and oxygen atoms in total. The third-order valence-corrected chi connectivity index (χ3v) is 11.4. The number of aromatic nitrogens is 2. The Morgan fingerprint density at radius 1 is 0.846 bits per heavy atom. The van der Waals surface area contributed by atoms with Gasteiger partial charge in [0.1, 0.15) is 11.6 Å². The molecule has 4 bridgehead atoms. The largest absolute Gasteiger partial charge is 0.325 e. The highest BCUT2D eigenvalue weighted by Gasteiger charge is 2.45. The molecule has 0 spiro atoms. The van der Waals surface area contributed by atoms with Crippen LogP contribution in [0.15, 0.2) is 24.3 Å². The predicted molar refractivity (Wildman–Crippen MR) is 158 cm³/mol. The molecule has 5 fully saturated rings. The normalized spacial score (nSPS) is 35.8. The number of hydrogen-bond donors (Lipinski definition) is 0. The van der Waals surface area contributed by atoms with Crippen LogP contribution in [0, 0.1) is 17.8 Å². The minimum absolute atomic E-state index is 0.309. The monoisotopic (exact) mass is 530 g/mol. The first kappa shape index (κ1) is 26.2. The predicted octanol–water partition coefficient (Wildman–Crippen LogP) is 6.80. The summed E-state index contributed by atoms with van der Waals surface area (Å²) < 4.78 is 2.72. The van der Waals surface area contributed by atoms with Crippen molar-refractivity contribution >= 4 is 16.8 Å². The molecule has 0 amide bonds. The van der Waals surface area contributed by atoms with Gasteiger partial charge in [-0.25, -0.2) is 4.98 Å². The zero-order valence-electron chi connectivity index (χ0n) is 24.3. The number of hydrogen-bond acceptors (Lipinski definition) is 4. The molecule has 39 heavy (non-hydrogen) atoms. The standard InChI is InChI=1S/C34H50N4O/c1-24(39)13-15-36-16-14-27(23-36)20-34-35-32-11-4-5-12-33(32)38(34)31-21-28-9-6-10-29(22-31)37(28)30-18-25-7-2-3-8-26(17-25)19-30/h4-5,11-12,25-31H,2-3,6-10,13-23H2,1H3/t25-,26+,27-,28-,29+,30?,31?/m0/s1. The Balaban J connectivity index is 1.11. The van der Waals surface area contributed by atoms with E-state index in [0.717, 1.165) is 56.0 Å². The summed E-state index contributed by atoms with van der Waals surface area (Å²) in [7, 11) is 0. The molecule has 3 saturated heterocycles. The molecule has 7 atom stereocenters. The molecule has 2 unspecified atom stereocenters. The van der Waals surface area contributed by atoms with Gasteiger partial charge in [0.2, 0.25) is 0 Å². The zero-order chi connectivity index (χ0) is 26.3. The maximum Gasteiger partial charge on any atom is 0.131 e. The summed E-state index contributed by atoms with van der Waals surface area (Å²) >= 11 is 0. The number of ketones is 1. The average molecular weight is 531 g/mol. The molecule has 7 rings (SSSR count). The highest BCUT2D eigenvalue weighted by Crippen LogP contribution is 2.47. The van der Waals surface area contributed by atoms with Crippen LogP contribution in [0.25, 0.3) is 11.0 Å². The lowest BCUT2D eigenvalue weighted by Gasteiger charge is -2.54. The van der Waals surface area contributed by atoms with Crippen molar-refractivity contribution in [1.29, 1.82) is 0 Å². The van der Waals surface area contributed by atoms with Crippen molar-refractivity contribution in [3.8, 4) is 0 Å². The van der Waals surface area contributed by atoms with E-state index in [9.17, 15) is 4.79 Å². The first-order chi connectivity index (χ1) is 19.1. The Labute approximate surface area is 235 Å². The summed E-state index contributed by atoms with van der Waals surface area (Å²) in [6.07, 6.45) is 20.3. The molecular formula is C34H50N4O. The molecule has 4 heterocycles. The van der Waals surface area contributed by atoms with E-state index in [1.807, 2.05) is 0 Å². The second kappa shape index (κ2) is 11.3. The van der Waals surface area contributed by atoms with E-state index >= 15 is 0 Å². The van der Waals surface area contributed by atoms with Gasteiger partial charge in [0.25, 0.3) is 0 Å². The minimum atomic E-state index is 0.309. The van der Waals surface area contributed by atoms with E-state index in [2.05, 4.69) is 38.6 Å². The lowest BCUT2D eigenvalue weighted by atomic mass is 9.73. The fourth-order valence-electron chi connectivity index (χ4n) is 9.81. The van der Waals surface area contributed by atoms with Crippen LogP contribution < -0.4 is 0 Å². The molecule has 0 N–H and O–H groups in total. The lowest BCUT2D eigenvalue weighted by Crippen LogP contribution is -2.58. The maximum atomic E-state index is 11.5. The molecule has 5 aliphatic rings. The van der Waals surface area contributed by atoms with Gasteiger partial charge in [-0.3, -0.25) is 9.69 Å². The van der Waals surface area contributed by atoms with Crippen LogP contribution in [0.1, 0.15) is 109 Å². The van der Waals surface area contributed by atoms with Crippen molar-refractivity contribution < 1.29 is 4.79 Å². The SMILES string of the molecule is CC(=O)CCN1CC[C@@H](Cc2nc3ccccc3n2C2C[C@H]3CCC[C@@H](C2)N3C2C[C@H]3CCCC[C@@H](C2)C3)C1. The van der Waals surface area contributed by atoms with Crippen LogP contribution in [-0.2, 0) is 11.2 Å². The van der Waals surface area contributed by atoms with Crippen molar-refractivity contribution in [2.75, 3.05) is 19.6 Å². The van der Waals surface area contributed by atoms with Crippen LogP contribution in [0.2, 0.25) is 0 Å². The molecule has 2 aliphatic carbocycles. The summed E-state index contributed by atoms with van der Waals surface area (Å²) in [4.78, 5) is 22.4. The van der Waals surface area contributed by atoms with E-state index in [-0.39, 0.29) is 0 Å². The number of imidazole rings is 1. The average Bonchev–Trinajstić information content (AvgIpc) is 3.48. The van der Waals surface area contributed by atoms with E-state index in [1.165, 1.54) is 100 Å². The molecular weight excluding hydrogens is 480 g/mol. The van der Waals surface area contributed by atoms with Crippen LogP contribution in [0.3, 0.4) is 0 Å². The lowest BCUT2D eigenvalue weighted by molar-refractivity contribution is -0.117. The van der Waals surface area contributed by atoms with Gasteiger partial charge in [-0.2, -0.15) is 0 Å². The molecule has 1 aromatic carbocycles. The number of piperidine rings is 2. The topological polar surface area (TPSA) is 41.4 Å². The Hall–Kier alpha value is -1.72. The molecule has 2 aromatic rings. The fourth-order valence-corrected chi connectivity index (χ4v) is 9.81. The third-order valence-electron chi connectivity index (χ3n) is 11.4. The smallest absolute Gasteiger partial charge is 0.131 e. The maximum absolute atomic E-state index is 11.5. The molecule has 2 saturated carbocycles. The van der Waals surface area contributed by atoms with Crippen molar-refractivity contribution in [3.05, 3.63) is 30.1 Å². The number of nitrogens with zero attached hydrogens (tertiary/aromatic N) is 4. The van der Waals surface area contributed by atoms with Crippen molar-refractivity contribution in [2.45, 2.75) is 127 Å². The Morgan fingerprint density at radius 2 is 1.59 bits per heavy atom. The number of carbonyl (C=O) groups is 1. The van der Waals surface area contributed by atoms with E-state index in [0.29, 0.717) is 24.2 Å². The van der Waals surface area contributed by atoms with Gasteiger partial charge in [0, 0.05) is 50.1 Å². The number of para-hydroxylation sites is 2. The highest BCUT2D eigenvalue weighted by atomic mass is 16.1. The Kier molecular flexibility index (Phi) is 7.57. The number of likely N-dealkylation sites (tertiary alicyclic amines) is 1. The van der Waals surface area contributed by atoms with E-state index in [1.54, 1.807) is 6.92 Å². The minimum Gasteiger partial charge on any atom is -0.325 e. The summed E-state index contributed by atoms with van der Waals surface area (Å²) in [5, 5.41) is 0. The number of rotatable bonds is 7. The zero-order valence-corrected chi connectivity index (χ0v) is 24.3. The van der Waals surface area contributed by atoms with Crippen LogP contribution in [0.4, 0.5) is 0 Å². The number of carbonyl (C=O) groups excluding carboxylic acids is 1. The third kappa shape index (κ3) is 5.47. The van der Waals surface area contributed by atoms with E-state index < -0.39 is 0 Å². The molecule has 212 valence electrons. The van der Waals surface area contributed by atoms with Gasteiger partial charge in [0.05, 0.1) is 11.0 Å². The van der Waals surface area contributed by atoms with Gasteiger partial charge in [-0.05, 0) is 94.7 Å². The second-order valence-corrected chi connectivity index (χ2v) is 14.2. The summed E-state index contributed by atoms with van der Waals surface area (Å²) in [5.74, 6) is 4.29. The summed E-state index contributed by atoms with van der Waals surface area (Å²) in [6, 6.07) is 11.9. The summed E-state index contributed by atoms with van der Waals surface area (Å²) in [6.45, 7) is 4.89. The number of benzene rings is 1. The van der Waals surface area contributed by atoms with Gasteiger partial charge in [-0.1, -0.05) is 44.2 Å². The van der Waals surface area contributed by atoms with Crippen LogP contribution >= 0.6 is 0 Å². The van der Waals surface area contributed by atoms with Crippen molar-refractivity contribution in [1.82, 2.24) is 19.4 Å².